The highest BCUT2D eigenvalue weighted by Crippen LogP contribution is 2.23. The standard InChI is InChI=1S/C21H25ClN4O2/c1-15(2)18(13-23)25-9-11-26(12-10-25)21(27)8-7-20-24-14-19(28-20)16-3-5-17(22)6-4-16/h3-6,14-15,18H,7-12H2,1-2H3. The molecule has 1 saturated heterocycles. The second-order valence-corrected chi connectivity index (χ2v) is 7.80. The lowest BCUT2D eigenvalue weighted by atomic mass is 10.0. The maximum atomic E-state index is 12.5. The summed E-state index contributed by atoms with van der Waals surface area (Å²) >= 11 is 5.91. The molecule has 28 heavy (non-hydrogen) atoms. The summed E-state index contributed by atoms with van der Waals surface area (Å²) in [6.45, 7) is 6.90. The predicted molar refractivity (Wildman–Crippen MR) is 108 cm³/mol. The quantitative estimate of drug-likeness (QED) is 0.740. The van der Waals surface area contributed by atoms with Crippen LogP contribution in [0.4, 0.5) is 0 Å². The van der Waals surface area contributed by atoms with Gasteiger partial charge in [-0.15, -0.1) is 0 Å². The number of nitriles is 1. The molecule has 3 rings (SSSR count). The SMILES string of the molecule is CC(C)C(C#N)N1CCN(C(=O)CCc2ncc(-c3ccc(Cl)cc3)o2)CC1. The number of piperazine rings is 1. The molecule has 0 radical (unpaired) electrons. The van der Waals surface area contributed by atoms with Gasteiger partial charge in [0.1, 0.15) is 6.04 Å². The van der Waals surface area contributed by atoms with Crippen molar-refractivity contribution in [1.82, 2.24) is 14.8 Å². The number of benzene rings is 1. The van der Waals surface area contributed by atoms with E-state index in [0.29, 0.717) is 42.6 Å². The second kappa shape index (κ2) is 9.22. The molecule has 0 N–H and O–H groups in total. The van der Waals surface area contributed by atoms with E-state index in [4.69, 9.17) is 16.0 Å². The van der Waals surface area contributed by atoms with Crippen molar-refractivity contribution in [2.45, 2.75) is 32.7 Å². The summed E-state index contributed by atoms with van der Waals surface area (Å²) in [4.78, 5) is 20.8. The molecule has 0 spiro atoms. The van der Waals surface area contributed by atoms with Crippen LogP contribution < -0.4 is 0 Å². The Bertz CT molecular complexity index is 833. The Hall–Kier alpha value is -2.36. The molecule has 1 aromatic carbocycles. The van der Waals surface area contributed by atoms with Crippen LogP contribution in [-0.4, -0.2) is 52.9 Å². The van der Waals surface area contributed by atoms with Gasteiger partial charge in [0.25, 0.3) is 0 Å². The van der Waals surface area contributed by atoms with Gasteiger partial charge in [0.05, 0.1) is 12.3 Å². The molecule has 0 aliphatic carbocycles. The molecule has 7 heteroatoms. The van der Waals surface area contributed by atoms with Gasteiger partial charge >= 0.3 is 0 Å². The van der Waals surface area contributed by atoms with Gasteiger partial charge in [-0.05, 0) is 30.2 Å². The Morgan fingerprint density at radius 2 is 1.93 bits per heavy atom. The van der Waals surface area contributed by atoms with Crippen molar-refractivity contribution in [3.8, 4) is 17.4 Å². The van der Waals surface area contributed by atoms with Crippen molar-refractivity contribution in [2.75, 3.05) is 26.2 Å². The highest BCUT2D eigenvalue weighted by Gasteiger charge is 2.27. The van der Waals surface area contributed by atoms with E-state index in [1.807, 2.05) is 17.0 Å². The first-order chi connectivity index (χ1) is 13.5. The fourth-order valence-electron chi connectivity index (χ4n) is 3.45. The van der Waals surface area contributed by atoms with Crippen molar-refractivity contribution in [1.29, 1.82) is 5.26 Å². The number of halogens is 1. The van der Waals surface area contributed by atoms with Crippen LogP contribution in [0.3, 0.4) is 0 Å². The molecule has 1 aliphatic heterocycles. The topological polar surface area (TPSA) is 73.4 Å². The number of amides is 1. The summed E-state index contributed by atoms with van der Waals surface area (Å²) < 4.78 is 5.77. The zero-order valence-electron chi connectivity index (χ0n) is 16.3. The monoisotopic (exact) mass is 400 g/mol. The van der Waals surface area contributed by atoms with Crippen LogP contribution in [0.15, 0.2) is 34.9 Å². The molecule has 2 aromatic rings. The largest absolute Gasteiger partial charge is 0.441 e. The molecule has 1 fully saturated rings. The van der Waals surface area contributed by atoms with Crippen molar-refractivity contribution in [3.05, 3.63) is 41.4 Å². The van der Waals surface area contributed by atoms with Crippen LogP contribution >= 0.6 is 11.6 Å². The zero-order valence-corrected chi connectivity index (χ0v) is 17.0. The maximum Gasteiger partial charge on any atom is 0.223 e. The highest BCUT2D eigenvalue weighted by molar-refractivity contribution is 6.30. The lowest BCUT2D eigenvalue weighted by molar-refractivity contribution is -0.133. The Morgan fingerprint density at radius 1 is 1.25 bits per heavy atom. The molecule has 0 bridgehead atoms. The van der Waals surface area contributed by atoms with E-state index in [2.05, 4.69) is 29.8 Å². The minimum Gasteiger partial charge on any atom is -0.441 e. The number of rotatable bonds is 6. The van der Waals surface area contributed by atoms with E-state index in [1.54, 1.807) is 18.3 Å². The fourth-order valence-corrected chi connectivity index (χ4v) is 3.57. The summed E-state index contributed by atoms with van der Waals surface area (Å²) in [6.07, 6.45) is 2.52. The van der Waals surface area contributed by atoms with E-state index < -0.39 is 0 Å². The van der Waals surface area contributed by atoms with Gasteiger partial charge < -0.3 is 9.32 Å². The van der Waals surface area contributed by atoms with Crippen LogP contribution in [0, 0.1) is 17.2 Å². The molecule has 2 heterocycles. The Morgan fingerprint density at radius 3 is 2.54 bits per heavy atom. The van der Waals surface area contributed by atoms with Crippen LogP contribution in [-0.2, 0) is 11.2 Å². The molecule has 6 nitrogen and oxygen atoms in total. The number of aromatic nitrogens is 1. The van der Waals surface area contributed by atoms with E-state index in [1.165, 1.54) is 0 Å². The van der Waals surface area contributed by atoms with Crippen molar-refractivity contribution in [3.63, 3.8) is 0 Å². The van der Waals surface area contributed by atoms with Crippen molar-refractivity contribution in [2.24, 2.45) is 5.92 Å². The number of carbonyl (C=O) groups excluding carboxylic acids is 1. The Balaban J connectivity index is 1.49. The average molecular weight is 401 g/mol. The van der Waals surface area contributed by atoms with Crippen molar-refractivity contribution >= 4 is 17.5 Å². The van der Waals surface area contributed by atoms with Crippen molar-refractivity contribution < 1.29 is 9.21 Å². The van der Waals surface area contributed by atoms with Gasteiger partial charge in [0, 0.05) is 49.6 Å². The summed E-state index contributed by atoms with van der Waals surface area (Å²) in [5.74, 6) is 1.61. The minimum absolute atomic E-state index is 0.0872. The fraction of sp³-hybridized carbons (Fsp3) is 0.476. The summed E-state index contributed by atoms with van der Waals surface area (Å²) in [7, 11) is 0. The van der Waals surface area contributed by atoms with Gasteiger partial charge in [-0.2, -0.15) is 5.26 Å². The first-order valence-corrected chi connectivity index (χ1v) is 9.98. The van der Waals surface area contributed by atoms with Crippen LogP contribution in [0.1, 0.15) is 26.2 Å². The molecule has 1 atom stereocenters. The summed E-state index contributed by atoms with van der Waals surface area (Å²) in [5, 5.41) is 10.0. The smallest absolute Gasteiger partial charge is 0.223 e. The molecule has 1 amide bonds. The van der Waals surface area contributed by atoms with E-state index in [9.17, 15) is 10.1 Å². The normalized spacial score (nSPS) is 16.2. The third-order valence-electron chi connectivity index (χ3n) is 5.06. The highest BCUT2D eigenvalue weighted by atomic mass is 35.5. The molecule has 1 aromatic heterocycles. The molecular weight excluding hydrogens is 376 g/mol. The van der Waals surface area contributed by atoms with Gasteiger partial charge in [-0.3, -0.25) is 9.69 Å². The molecular formula is C21H25ClN4O2. The van der Waals surface area contributed by atoms with Gasteiger partial charge in [0.15, 0.2) is 11.7 Å². The van der Waals surface area contributed by atoms with E-state index in [0.717, 1.165) is 18.7 Å². The molecule has 1 aliphatic rings. The zero-order chi connectivity index (χ0) is 20.1. The van der Waals surface area contributed by atoms with Crippen LogP contribution in [0.25, 0.3) is 11.3 Å². The maximum absolute atomic E-state index is 12.5. The third kappa shape index (κ3) is 4.92. The lowest BCUT2D eigenvalue weighted by Gasteiger charge is -2.38. The minimum atomic E-state index is -0.0872. The summed E-state index contributed by atoms with van der Waals surface area (Å²) in [5.41, 5.74) is 0.905. The molecule has 1 unspecified atom stereocenters. The number of hydrogen-bond donors (Lipinski definition) is 0. The molecule has 0 saturated carbocycles. The number of aryl methyl sites for hydroxylation is 1. The number of oxazole rings is 1. The number of carbonyl (C=O) groups is 1. The van der Waals surface area contributed by atoms with E-state index in [-0.39, 0.29) is 17.9 Å². The van der Waals surface area contributed by atoms with Gasteiger partial charge in [-0.1, -0.05) is 25.4 Å². The Kier molecular flexibility index (Phi) is 6.71. The first kappa shape index (κ1) is 20.4. The van der Waals surface area contributed by atoms with Crippen LogP contribution in [0.5, 0.6) is 0 Å². The number of nitrogens with zero attached hydrogens (tertiary/aromatic N) is 4. The van der Waals surface area contributed by atoms with Gasteiger partial charge in [0.2, 0.25) is 5.91 Å². The van der Waals surface area contributed by atoms with Gasteiger partial charge in [-0.25, -0.2) is 4.98 Å². The summed E-state index contributed by atoms with van der Waals surface area (Å²) in [6, 6.07) is 9.65. The Labute approximate surface area is 170 Å². The average Bonchev–Trinajstić information content (AvgIpc) is 3.16. The van der Waals surface area contributed by atoms with E-state index >= 15 is 0 Å². The third-order valence-corrected chi connectivity index (χ3v) is 5.31. The lowest BCUT2D eigenvalue weighted by Crippen LogP contribution is -2.52. The first-order valence-electron chi connectivity index (χ1n) is 9.60. The number of hydrogen-bond acceptors (Lipinski definition) is 5. The second-order valence-electron chi connectivity index (χ2n) is 7.36. The molecule has 148 valence electrons. The van der Waals surface area contributed by atoms with Crippen LogP contribution in [0.2, 0.25) is 5.02 Å². The predicted octanol–water partition coefficient (Wildman–Crippen LogP) is 3.62.